The first-order valence-corrected chi connectivity index (χ1v) is 10.6. The molecule has 168 valence electrons. The predicted molar refractivity (Wildman–Crippen MR) is 119 cm³/mol. The second-order valence-corrected chi connectivity index (χ2v) is 7.88. The van der Waals surface area contributed by atoms with Crippen LogP contribution >= 0.6 is 0 Å². The molecule has 3 heterocycles. The molecule has 1 aliphatic rings. The number of nitrogens with one attached hydrogen (secondary N) is 2. The van der Waals surface area contributed by atoms with Gasteiger partial charge in [-0.2, -0.15) is 0 Å². The highest BCUT2D eigenvalue weighted by Crippen LogP contribution is 2.26. The first-order valence-electron chi connectivity index (χ1n) is 10.6. The Morgan fingerprint density at radius 2 is 1.81 bits per heavy atom. The number of aryl methyl sites for hydroxylation is 1. The van der Waals surface area contributed by atoms with Crippen molar-refractivity contribution >= 4 is 22.6 Å². The molecule has 1 amide bonds. The Morgan fingerprint density at radius 3 is 2.44 bits per heavy atom. The van der Waals surface area contributed by atoms with E-state index in [0.717, 1.165) is 23.2 Å². The number of amides is 1. The summed E-state index contributed by atoms with van der Waals surface area (Å²) in [5.41, 5.74) is 2.87. The molecule has 0 unspecified atom stereocenters. The zero-order valence-corrected chi connectivity index (χ0v) is 18.0. The van der Waals surface area contributed by atoms with Crippen molar-refractivity contribution < 1.29 is 13.6 Å². The molecule has 1 fully saturated rings. The molecule has 7 nitrogen and oxygen atoms in total. The average molecular weight is 441 g/mol. The zero-order valence-electron chi connectivity index (χ0n) is 18.0. The number of pyridine rings is 2. The van der Waals surface area contributed by atoms with Crippen molar-refractivity contribution in [1.29, 1.82) is 0 Å². The fraction of sp³-hybridized carbons (Fsp3) is 0.348. The summed E-state index contributed by atoms with van der Waals surface area (Å²) in [6.07, 6.45) is 2.44. The lowest BCUT2D eigenvalue weighted by molar-refractivity contribution is 0.0962. The number of anilines is 1. The Balaban J connectivity index is 1.44. The van der Waals surface area contributed by atoms with Crippen LogP contribution in [0.4, 0.5) is 14.5 Å². The highest BCUT2D eigenvalue weighted by atomic mass is 19.1. The minimum Gasteiger partial charge on any atom is -0.364 e. The van der Waals surface area contributed by atoms with Gasteiger partial charge < -0.3 is 15.2 Å². The van der Waals surface area contributed by atoms with Crippen LogP contribution in [-0.2, 0) is 13.0 Å². The minimum absolute atomic E-state index is 0.0437. The van der Waals surface area contributed by atoms with Gasteiger partial charge in [-0.1, -0.05) is 6.92 Å². The second-order valence-electron chi connectivity index (χ2n) is 7.88. The Labute approximate surface area is 184 Å². The summed E-state index contributed by atoms with van der Waals surface area (Å²) < 4.78 is 29.1. The molecule has 0 aliphatic carbocycles. The number of aromatic amines is 1. The minimum atomic E-state index is -0.744. The van der Waals surface area contributed by atoms with Crippen molar-refractivity contribution in [1.82, 2.24) is 20.2 Å². The number of benzene rings is 1. The molecule has 3 aromatic rings. The van der Waals surface area contributed by atoms with Gasteiger partial charge in [-0.15, -0.1) is 0 Å². The van der Waals surface area contributed by atoms with Gasteiger partial charge in [0.05, 0.1) is 11.0 Å². The second kappa shape index (κ2) is 9.04. The molecule has 9 heteroatoms. The van der Waals surface area contributed by atoms with Gasteiger partial charge in [0.2, 0.25) is 0 Å². The molecule has 4 rings (SSSR count). The van der Waals surface area contributed by atoms with E-state index in [2.05, 4.69) is 20.2 Å². The van der Waals surface area contributed by atoms with Crippen LogP contribution in [0.3, 0.4) is 0 Å². The lowest BCUT2D eigenvalue weighted by Crippen LogP contribution is -2.46. The fourth-order valence-electron chi connectivity index (χ4n) is 4.05. The Kier molecular flexibility index (Phi) is 6.18. The molecule has 2 N–H and O–H groups in total. The Bertz CT molecular complexity index is 1200. The molecule has 1 saturated heterocycles. The van der Waals surface area contributed by atoms with Crippen LogP contribution in [0.25, 0.3) is 11.0 Å². The number of fused-ring (bicyclic) bond motifs is 1. The van der Waals surface area contributed by atoms with E-state index in [4.69, 9.17) is 0 Å². The van der Waals surface area contributed by atoms with Crippen LogP contribution < -0.4 is 15.8 Å². The smallest absolute Gasteiger partial charge is 0.251 e. The van der Waals surface area contributed by atoms with E-state index < -0.39 is 17.5 Å². The van der Waals surface area contributed by atoms with Gasteiger partial charge in [-0.25, -0.2) is 8.78 Å². The van der Waals surface area contributed by atoms with Crippen LogP contribution in [0.15, 0.2) is 35.3 Å². The van der Waals surface area contributed by atoms with Crippen LogP contribution in [0.1, 0.15) is 28.4 Å². The SMILES string of the molecule is CCc1cc2ncc(CN3CCN(c4c(F)cc(C(=O)NC)cc4F)CC3)cc2[nH]c1=O. The van der Waals surface area contributed by atoms with Crippen molar-refractivity contribution in [3.05, 3.63) is 69.1 Å². The molecule has 0 bridgehead atoms. The molecular weight excluding hydrogens is 416 g/mol. The van der Waals surface area contributed by atoms with Gasteiger partial charge in [-0.3, -0.25) is 19.5 Å². The van der Waals surface area contributed by atoms with E-state index in [9.17, 15) is 18.4 Å². The van der Waals surface area contributed by atoms with E-state index >= 15 is 0 Å². The van der Waals surface area contributed by atoms with E-state index in [1.165, 1.54) is 7.05 Å². The van der Waals surface area contributed by atoms with E-state index in [-0.39, 0.29) is 16.8 Å². The molecule has 1 aromatic carbocycles. The third kappa shape index (κ3) is 4.34. The van der Waals surface area contributed by atoms with Crippen LogP contribution in [0.5, 0.6) is 0 Å². The van der Waals surface area contributed by atoms with Crippen LogP contribution in [0, 0.1) is 11.6 Å². The number of halogens is 2. The summed E-state index contributed by atoms with van der Waals surface area (Å²) in [6.45, 7) is 4.67. The molecule has 2 aromatic heterocycles. The Morgan fingerprint density at radius 1 is 1.12 bits per heavy atom. The van der Waals surface area contributed by atoms with Gasteiger partial charge in [0.15, 0.2) is 0 Å². The topological polar surface area (TPSA) is 81.3 Å². The molecule has 0 radical (unpaired) electrons. The summed E-state index contributed by atoms with van der Waals surface area (Å²) in [6, 6.07) is 5.87. The van der Waals surface area contributed by atoms with Crippen molar-refractivity contribution in [3.63, 3.8) is 0 Å². The number of H-pyrrole nitrogens is 1. The van der Waals surface area contributed by atoms with Crippen molar-refractivity contribution in [2.24, 2.45) is 0 Å². The molecule has 32 heavy (non-hydrogen) atoms. The Hall–Kier alpha value is -3.33. The van der Waals surface area contributed by atoms with Gasteiger partial charge in [0.25, 0.3) is 11.5 Å². The average Bonchev–Trinajstić information content (AvgIpc) is 2.78. The molecule has 1 aliphatic heterocycles. The maximum absolute atomic E-state index is 14.6. The summed E-state index contributed by atoms with van der Waals surface area (Å²) >= 11 is 0. The quantitative estimate of drug-likeness (QED) is 0.636. The highest BCUT2D eigenvalue weighted by Gasteiger charge is 2.24. The molecule has 0 atom stereocenters. The largest absolute Gasteiger partial charge is 0.364 e. The number of nitrogens with zero attached hydrogens (tertiary/aromatic N) is 3. The lowest BCUT2D eigenvalue weighted by atomic mass is 10.1. The molecule has 0 spiro atoms. The number of hydrogen-bond acceptors (Lipinski definition) is 5. The van der Waals surface area contributed by atoms with Gasteiger partial charge in [0, 0.05) is 57.1 Å². The predicted octanol–water partition coefficient (Wildman–Crippen LogP) is 2.45. The van der Waals surface area contributed by atoms with Crippen molar-refractivity contribution in [2.45, 2.75) is 19.9 Å². The van der Waals surface area contributed by atoms with E-state index in [1.807, 2.05) is 19.1 Å². The normalized spacial score (nSPS) is 14.7. The fourth-order valence-corrected chi connectivity index (χ4v) is 4.05. The van der Waals surface area contributed by atoms with Crippen LogP contribution in [0.2, 0.25) is 0 Å². The van der Waals surface area contributed by atoms with Gasteiger partial charge in [-0.05, 0) is 36.2 Å². The third-order valence-corrected chi connectivity index (χ3v) is 5.81. The highest BCUT2D eigenvalue weighted by molar-refractivity contribution is 5.94. The number of hydrogen-bond donors (Lipinski definition) is 2. The zero-order chi connectivity index (χ0) is 22.8. The monoisotopic (exact) mass is 441 g/mol. The summed E-state index contributed by atoms with van der Waals surface area (Å²) in [7, 11) is 1.41. The third-order valence-electron chi connectivity index (χ3n) is 5.81. The van der Waals surface area contributed by atoms with Crippen LogP contribution in [-0.4, -0.2) is 54.0 Å². The van der Waals surface area contributed by atoms with Gasteiger partial charge >= 0.3 is 0 Å². The molecule has 0 saturated carbocycles. The first-order chi connectivity index (χ1) is 15.4. The number of rotatable bonds is 5. The van der Waals surface area contributed by atoms with E-state index in [1.54, 1.807) is 11.1 Å². The first kappa shape index (κ1) is 21.9. The molecular formula is C23H25F2N5O2. The number of carbonyl (C=O) groups is 1. The van der Waals surface area contributed by atoms with Crippen molar-refractivity contribution in [3.8, 4) is 0 Å². The summed E-state index contributed by atoms with van der Waals surface area (Å²) in [4.78, 5) is 34.9. The summed E-state index contributed by atoms with van der Waals surface area (Å²) in [5.74, 6) is -2.02. The van der Waals surface area contributed by atoms with Gasteiger partial charge in [0.1, 0.15) is 17.3 Å². The summed E-state index contributed by atoms with van der Waals surface area (Å²) in [5, 5.41) is 2.37. The maximum atomic E-state index is 14.6. The number of aromatic nitrogens is 2. The number of carbonyl (C=O) groups excluding carboxylic acids is 1. The van der Waals surface area contributed by atoms with Crippen molar-refractivity contribution in [2.75, 3.05) is 38.1 Å². The standard InChI is InChI=1S/C23H25F2N5O2/c1-3-15-11-19-20(28-23(15)32)8-14(12-27-19)13-29-4-6-30(7-5-29)21-17(24)9-16(10-18(21)25)22(31)26-2/h8-12H,3-7,13H2,1-2H3,(H,26,31)(H,28,32). The van der Waals surface area contributed by atoms with E-state index in [0.29, 0.717) is 50.2 Å². The number of piperazine rings is 1. The lowest BCUT2D eigenvalue weighted by Gasteiger charge is -2.36. The maximum Gasteiger partial charge on any atom is 0.251 e.